The maximum absolute atomic E-state index is 3.38. The van der Waals surface area contributed by atoms with E-state index < -0.39 is 0 Å². The molecule has 0 unspecified atom stereocenters. The van der Waals surface area contributed by atoms with Crippen LogP contribution < -0.4 is 4.90 Å². The normalized spacial score (nSPS) is 15.9. The molecule has 0 atom stereocenters. The van der Waals surface area contributed by atoms with Crippen molar-refractivity contribution >= 4 is 16.6 Å². The Hall–Kier alpha value is -2.26. The molecule has 124 valence electrons. The molecular weight excluding hydrogens is 294 g/mol. The number of benzene rings is 2. The van der Waals surface area contributed by atoms with Crippen LogP contribution in [0.5, 0.6) is 0 Å². The number of aromatic nitrogens is 1. The van der Waals surface area contributed by atoms with E-state index >= 15 is 0 Å². The number of anilines is 1. The van der Waals surface area contributed by atoms with Gasteiger partial charge in [0.15, 0.2) is 0 Å². The third kappa shape index (κ3) is 3.31. The molecule has 4 rings (SSSR count). The molecular formula is C21H25N3. The Morgan fingerprint density at radius 2 is 1.58 bits per heavy atom. The summed E-state index contributed by atoms with van der Waals surface area (Å²) in [6, 6.07) is 19.4. The van der Waals surface area contributed by atoms with Crippen LogP contribution in [0.2, 0.25) is 0 Å². The number of hydrogen-bond acceptors (Lipinski definition) is 2. The van der Waals surface area contributed by atoms with Crippen molar-refractivity contribution in [3.05, 3.63) is 66.4 Å². The zero-order chi connectivity index (χ0) is 16.2. The molecule has 0 spiro atoms. The van der Waals surface area contributed by atoms with Crippen LogP contribution in [0, 0.1) is 0 Å². The fourth-order valence-corrected chi connectivity index (χ4v) is 3.70. The second kappa shape index (κ2) is 7.10. The van der Waals surface area contributed by atoms with E-state index in [1.54, 1.807) is 0 Å². The molecule has 1 aliphatic rings. The Morgan fingerprint density at radius 1 is 0.833 bits per heavy atom. The predicted octanol–water partition coefficient (Wildman–Crippen LogP) is 3.92. The number of hydrogen-bond donors (Lipinski definition) is 1. The van der Waals surface area contributed by atoms with E-state index in [4.69, 9.17) is 0 Å². The minimum absolute atomic E-state index is 1.14. The molecule has 2 heterocycles. The Morgan fingerprint density at radius 3 is 2.42 bits per heavy atom. The summed E-state index contributed by atoms with van der Waals surface area (Å²) in [4.78, 5) is 8.48. The summed E-state index contributed by atoms with van der Waals surface area (Å²) in [6.07, 6.45) is 4.56. The number of nitrogens with one attached hydrogen (secondary N) is 1. The van der Waals surface area contributed by atoms with Crippen molar-refractivity contribution in [1.29, 1.82) is 0 Å². The highest BCUT2D eigenvalue weighted by Crippen LogP contribution is 2.20. The number of aromatic amines is 1. The van der Waals surface area contributed by atoms with E-state index in [0.717, 1.165) is 19.5 Å². The second-order valence-electron chi connectivity index (χ2n) is 6.63. The lowest BCUT2D eigenvalue weighted by Gasteiger charge is -2.36. The van der Waals surface area contributed by atoms with Gasteiger partial charge in [0.05, 0.1) is 0 Å². The molecule has 1 saturated heterocycles. The van der Waals surface area contributed by atoms with E-state index in [0.29, 0.717) is 0 Å². The highest BCUT2D eigenvalue weighted by molar-refractivity contribution is 5.82. The van der Waals surface area contributed by atoms with Gasteiger partial charge in [0.25, 0.3) is 0 Å². The monoisotopic (exact) mass is 319 g/mol. The Labute approximate surface area is 143 Å². The minimum atomic E-state index is 1.14. The van der Waals surface area contributed by atoms with Gasteiger partial charge in [0.2, 0.25) is 0 Å². The summed E-state index contributed by atoms with van der Waals surface area (Å²) in [5.74, 6) is 0. The van der Waals surface area contributed by atoms with Crippen LogP contribution in [0.15, 0.2) is 60.8 Å². The maximum Gasteiger partial charge on any atom is 0.0456 e. The summed E-state index contributed by atoms with van der Waals surface area (Å²) in [5.41, 5.74) is 4.06. The SMILES string of the molecule is c1ccc(N2CCN(CCCc3c[nH]c4ccccc34)CC2)cc1. The fourth-order valence-electron chi connectivity index (χ4n) is 3.70. The molecule has 0 radical (unpaired) electrons. The molecule has 3 aromatic rings. The van der Waals surface area contributed by atoms with Gasteiger partial charge in [0, 0.05) is 49.0 Å². The third-order valence-electron chi connectivity index (χ3n) is 5.09. The molecule has 1 aliphatic heterocycles. The fraction of sp³-hybridized carbons (Fsp3) is 0.333. The molecule has 1 aromatic heterocycles. The Kier molecular flexibility index (Phi) is 4.52. The number of aryl methyl sites for hydroxylation is 1. The Balaban J connectivity index is 1.26. The second-order valence-corrected chi connectivity index (χ2v) is 6.63. The first-order valence-corrected chi connectivity index (χ1v) is 8.97. The van der Waals surface area contributed by atoms with Gasteiger partial charge in [-0.1, -0.05) is 36.4 Å². The molecule has 3 nitrogen and oxygen atoms in total. The van der Waals surface area contributed by atoms with Crippen molar-refractivity contribution in [3.63, 3.8) is 0 Å². The van der Waals surface area contributed by atoms with Crippen molar-refractivity contribution in [3.8, 4) is 0 Å². The predicted molar refractivity (Wildman–Crippen MR) is 102 cm³/mol. The van der Waals surface area contributed by atoms with Crippen LogP contribution in [-0.2, 0) is 6.42 Å². The molecule has 0 amide bonds. The summed E-state index contributed by atoms with van der Waals surface area (Å²) in [5, 5.41) is 1.38. The van der Waals surface area contributed by atoms with Gasteiger partial charge in [-0.05, 0) is 43.1 Å². The lowest BCUT2D eigenvalue weighted by molar-refractivity contribution is 0.255. The van der Waals surface area contributed by atoms with Gasteiger partial charge < -0.3 is 9.88 Å². The number of fused-ring (bicyclic) bond motifs is 1. The van der Waals surface area contributed by atoms with Crippen LogP contribution in [0.25, 0.3) is 10.9 Å². The summed E-state index contributed by atoms with van der Waals surface area (Å²) in [6.45, 7) is 5.81. The van der Waals surface area contributed by atoms with Crippen molar-refractivity contribution in [2.45, 2.75) is 12.8 Å². The molecule has 24 heavy (non-hydrogen) atoms. The average molecular weight is 319 g/mol. The van der Waals surface area contributed by atoms with Gasteiger partial charge in [0.1, 0.15) is 0 Å². The van der Waals surface area contributed by atoms with Crippen LogP contribution in [-0.4, -0.2) is 42.6 Å². The molecule has 0 bridgehead atoms. The van der Waals surface area contributed by atoms with E-state index in [9.17, 15) is 0 Å². The third-order valence-corrected chi connectivity index (χ3v) is 5.09. The first-order valence-electron chi connectivity index (χ1n) is 8.97. The molecule has 0 aliphatic carbocycles. The van der Waals surface area contributed by atoms with Gasteiger partial charge in [-0.2, -0.15) is 0 Å². The van der Waals surface area contributed by atoms with Gasteiger partial charge in [-0.3, -0.25) is 4.90 Å². The number of H-pyrrole nitrogens is 1. The minimum Gasteiger partial charge on any atom is -0.369 e. The van der Waals surface area contributed by atoms with Crippen molar-refractivity contribution < 1.29 is 0 Å². The van der Waals surface area contributed by atoms with Crippen molar-refractivity contribution in [2.24, 2.45) is 0 Å². The van der Waals surface area contributed by atoms with E-state index in [2.05, 4.69) is 75.6 Å². The lowest BCUT2D eigenvalue weighted by Crippen LogP contribution is -2.46. The van der Waals surface area contributed by atoms with E-state index in [1.165, 1.54) is 48.2 Å². The number of nitrogens with zero attached hydrogens (tertiary/aromatic N) is 2. The maximum atomic E-state index is 3.38. The molecule has 1 N–H and O–H groups in total. The number of rotatable bonds is 5. The first-order chi connectivity index (χ1) is 11.9. The zero-order valence-corrected chi connectivity index (χ0v) is 14.1. The van der Waals surface area contributed by atoms with Gasteiger partial charge >= 0.3 is 0 Å². The lowest BCUT2D eigenvalue weighted by atomic mass is 10.1. The quantitative estimate of drug-likeness (QED) is 0.770. The summed E-state index contributed by atoms with van der Waals surface area (Å²) >= 11 is 0. The molecule has 3 heteroatoms. The van der Waals surface area contributed by atoms with Crippen LogP contribution in [0.1, 0.15) is 12.0 Å². The van der Waals surface area contributed by atoms with E-state index in [1.807, 2.05) is 0 Å². The van der Waals surface area contributed by atoms with Crippen molar-refractivity contribution in [2.75, 3.05) is 37.6 Å². The van der Waals surface area contributed by atoms with E-state index in [-0.39, 0.29) is 0 Å². The summed E-state index contributed by atoms with van der Waals surface area (Å²) < 4.78 is 0. The molecule has 1 fully saturated rings. The zero-order valence-electron chi connectivity index (χ0n) is 14.1. The highest BCUT2D eigenvalue weighted by Gasteiger charge is 2.16. The molecule has 2 aromatic carbocycles. The van der Waals surface area contributed by atoms with Crippen molar-refractivity contribution in [1.82, 2.24) is 9.88 Å². The summed E-state index contributed by atoms with van der Waals surface area (Å²) in [7, 11) is 0. The molecule has 0 saturated carbocycles. The Bertz CT molecular complexity index is 770. The first kappa shape index (κ1) is 15.3. The van der Waals surface area contributed by atoms with Crippen LogP contribution in [0.3, 0.4) is 0 Å². The highest BCUT2D eigenvalue weighted by atomic mass is 15.3. The largest absolute Gasteiger partial charge is 0.369 e. The number of para-hydroxylation sites is 2. The van der Waals surface area contributed by atoms with Crippen LogP contribution in [0.4, 0.5) is 5.69 Å². The standard InChI is InChI=1S/C21H25N3/c1-2-8-19(9-3-1)24-15-13-23(14-16-24)12-6-7-18-17-22-21-11-5-4-10-20(18)21/h1-5,8-11,17,22H,6-7,12-16H2. The van der Waals surface area contributed by atoms with Gasteiger partial charge in [-0.15, -0.1) is 0 Å². The van der Waals surface area contributed by atoms with Gasteiger partial charge in [-0.25, -0.2) is 0 Å². The topological polar surface area (TPSA) is 22.3 Å². The average Bonchev–Trinajstić information content (AvgIpc) is 3.06. The number of piperazine rings is 1. The smallest absolute Gasteiger partial charge is 0.0456 e. The van der Waals surface area contributed by atoms with Crippen LogP contribution >= 0.6 is 0 Å².